The lowest BCUT2D eigenvalue weighted by atomic mass is 10.1. The smallest absolute Gasteiger partial charge is 0.258 e. The van der Waals surface area contributed by atoms with Gasteiger partial charge in [-0.25, -0.2) is 9.97 Å². The van der Waals surface area contributed by atoms with Crippen LogP contribution in [-0.2, 0) is 6.42 Å². The highest BCUT2D eigenvalue weighted by Crippen LogP contribution is 2.25. The molecule has 1 amide bonds. The van der Waals surface area contributed by atoms with Crippen molar-refractivity contribution in [3.05, 3.63) is 76.0 Å². The zero-order valence-corrected chi connectivity index (χ0v) is 15.5. The largest absolute Gasteiger partial charge is 0.324 e. The summed E-state index contributed by atoms with van der Waals surface area (Å²) in [5.41, 5.74) is 2.93. The van der Waals surface area contributed by atoms with E-state index in [1.165, 1.54) is 18.0 Å². The second kappa shape index (κ2) is 8.17. The lowest BCUT2D eigenvalue weighted by Crippen LogP contribution is -2.13. The summed E-state index contributed by atoms with van der Waals surface area (Å²) in [6.45, 7) is 2.10. The number of aromatic nitrogens is 2. The van der Waals surface area contributed by atoms with Crippen LogP contribution < -0.4 is 10.6 Å². The van der Waals surface area contributed by atoms with Crippen molar-refractivity contribution in [1.29, 1.82) is 0 Å². The zero-order chi connectivity index (χ0) is 18.5. The molecule has 2 N–H and O–H groups in total. The van der Waals surface area contributed by atoms with Gasteiger partial charge in [-0.3, -0.25) is 4.79 Å². The van der Waals surface area contributed by atoms with Crippen molar-refractivity contribution in [3.8, 4) is 0 Å². The lowest BCUT2D eigenvalue weighted by Gasteiger charge is -2.08. The van der Waals surface area contributed by atoms with E-state index in [0.29, 0.717) is 27.2 Å². The number of hydrogen-bond donors (Lipinski definition) is 2. The van der Waals surface area contributed by atoms with Crippen LogP contribution in [0.25, 0.3) is 0 Å². The Hall–Kier alpha value is -2.63. The molecular weight excluding hydrogens is 371 g/mol. The molecule has 1 aromatic heterocycles. The van der Waals surface area contributed by atoms with Crippen LogP contribution in [0.2, 0.25) is 10.0 Å². The molecular formula is C19H16Cl2N4O. The third kappa shape index (κ3) is 4.50. The number of carbonyl (C=O) groups excluding carboxylic acids is 1. The quantitative estimate of drug-likeness (QED) is 0.620. The number of carbonyl (C=O) groups is 1. The van der Waals surface area contributed by atoms with E-state index in [0.717, 1.165) is 12.1 Å². The van der Waals surface area contributed by atoms with Crippen molar-refractivity contribution in [1.82, 2.24) is 9.97 Å². The van der Waals surface area contributed by atoms with Crippen molar-refractivity contribution >= 4 is 46.4 Å². The van der Waals surface area contributed by atoms with Gasteiger partial charge in [-0.1, -0.05) is 42.3 Å². The number of aryl methyl sites for hydroxylation is 1. The predicted molar refractivity (Wildman–Crippen MR) is 106 cm³/mol. The van der Waals surface area contributed by atoms with Crippen LogP contribution in [0.4, 0.5) is 17.3 Å². The molecule has 0 radical (unpaired) electrons. The standard InChI is InChI=1S/C19H16Cl2N4O/c1-2-12-3-6-15(7-4-12)24-19-22-10-13(11-23-19)18(26)25-17-8-5-14(20)9-16(17)21/h3-11H,2H2,1H3,(H,25,26)(H,22,23,24). The maximum atomic E-state index is 12.3. The fraction of sp³-hybridized carbons (Fsp3) is 0.105. The summed E-state index contributed by atoms with van der Waals surface area (Å²) in [6.07, 6.45) is 3.89. The average Bonchev–Trinajstić information content (AvgIpc) is 2.65. The van der Waals surface area contributed by atoms with Crippen LogP contribution in [0.1, 0.15) is 22.8 Å². The molecule has 0 aliphatic carbocycles. The molecule has 0 fully saturated rings. The molecule has 0 bridgehead atoms. The number of rotatable bonds is 5. The highest BCUT2D eigenvalue weighted by atomic mass is 35.5. The minimum atomic E-state index is -0.354. The van der Waals surface area contributed by atoms with Crippen LogP contribution >= 0.6 is 23.2 Å². The number of benzene rings is 2. The van der Waals surface area contributed by atoms with E-state index in [1.807, 2.05) is 24.3 Å². The zero-order valence-electron chi connectivity index (χ0n) is 14.0. The van der Waals surface area contributed by atoms with Crippen LogP contribution in [0.15, 0.2) is 54.9 Å². The number of amides is 1. The van der Waals surface area contributed by atoms with Crippen molar-refractivity contribution in [2.75, 3.05) is 10.6 Å². The molecule has 3 rings (SSSR count). The predicted octanol–water partition coefficient (Wildman–Crippen LogP) is 5.34. The number of hydrogen-bond acceptors (Lipinski definition) is 4. The van der Waals surface area contributed by atoms with E-state index in [1.54, 1.807) is 18.2 Å². The van der Waals surface area contributed by atoms with Crippen molar-refractivity contribution in [2.45, 2.75) is 13.3 Å². The van der Waals surface area contributed by atoms with Gasteiger partial charge in [-0.2, -0.15) is 0 Å². The van der Waals surface area contributed by atoms with Gasteiger partial charge in [0.05, 0.1) is 16.3 Å². The Balaban J connectivity index is 1.67. The summed E-state index contributed by atoms with van der Waals surface area (Å²) in [7, 11) is 0. The lowest BCUT2D eigenvalue weighted by molar-refractivity contribution is 0.102. The molecule has 0 atom stereocenters. The Morgan fingerprint density at radius 2 is 1.73 bits per heavy atom. The first-order valence-corrected chi connectivity index (χ1v) is 8.75. The summed E-state index contributed by atoms with van der Waals surface area (Å²) >= 11 is 11.9. The van der Waals surface area contributed by atoms with E-state index in [9.17, 15) is 4.79 Å². The molecule has 5 nitrogen and oxygen atoms in total. The van der Waals surface area contributed by atoms with Crippen LogP contribution in [0.3, 0.4) is 0 Å². The Kier molecular flexibility index (Phi) is 5.71. The van der Waals surface area contributed by atoms with E-state index >= 15 is 0 Å². The van der Waals surface area contributed by atoms with E-state index < -0.39 is 0 Å². The highest BCUT2D eigenvalue weighted by Gasteiger charge is 2.10. The normalized spacial score (nSPS) is 10.4. The van der Waals surface area contributed by atoms with Crippen LogP contribution in [0, 0.1) is 0 Å². The molecule has 0 saturated heterocycles. The van der Waals surface area contributed by atoms with Crippen LogP contribution in [-0.4, -0.2) is 15.9 Å². The van der Waals surface area contributed by atoms with Gasteiger partial charge in [0, 0.05) is 23.1 Å². The van der Waals surface area contributed by atoms with Gasteiger partial charge in [-0.05, 0) is 42.3 Å². The third-order valence-corrected chi connectivity index (χ3v) is 4.26. The average molecular weight is 387 g/mol. The van der Waals surface area contributed by atoms with Crippen molar-refractivity contribution in [3.63, 3.8) is 0 Å². The Morgan fingerprint density at radius 1 is 1.04 bits per heavy atom. The van der Waals surface area contributed by atoms with E-state index in [4.69, 9.17) is 23.2 Å². The van der Waals surface area contributed by atoms with Gasteiger partial charge >= 0.3 is 0 Å². The Morgan fingerprint density at radius 3 is 2.35 bits per heavy atom. The maximum Gasteiger partial charge on any atom is 0.258 e. The molecule has 0 unspecified atom stereocenters. The molecule has 0 aliphatic heterocycles. The fourth-order valence-corrected chi connectivity index (χ4v) is 2.70. The Bertz CT molecular complexity index is 912. The van der Waals surface area contributed by atoms with Gasteiger partial charge in [0.25, 0.3) is 5.91 Å². The van der Waals surface area contributed by atoms with Crippen molar-refractivity contribution < 1.29 is 4.79 Å². The molecule has 3 aromatic rings. The van der Waals surface area contributed by atoms with Gasteiger partial charge < -0.3 is 10.6 Å². The summed E-state index contributed by atoms with van der Waals surface area (Å²) in [4.78, 5) is 20.6. The molecule has 7 heteroatoms. The second-order valence-corrected chi connectivity index (χ2v) is 6.39. The first kappa shape index (κ1) is 18.2. The van der Waals surface area contributed by atoms with Gasteiger partial charge in [0.1, 0.15) is 0 Å². The molecule has 0 spiro atoms. The number of halogens is 2. The number of nitrogens with zero attached hydrogens (tertiary/aromatic N) is 2. The van der Waals surface area contributed by atoms with E-state index in [-0.39, 0.29) is 5.91 Å². The Labute approximate surface area is 161 Å². The van der Waals surface area contributed by atoms with Gasteiger partial charge in [-0.15, -0.1) is 0 Å². The molecule has 1 heterocycles. The summed E-state index contributed by atoms with van der Waals surface area (Å²) in [5, 5.41) is 6.66. The maximum absolute atomic E-state index is 12.3. The fourth-order valence-electron chi connectivity index (χ4n) is 2.25. The monoisotopic (exact) mass is 386 g/mol. The summed E-state index contributed by atoms with van der Waals surface area (Å²) in [6, 6.07) is 12.9. The molecule has 2 aromatic carbocycles. The number of nitrogens with one attached hydrogen (secondary N) is 2. The second-order valence-electron chi connectivity index (χ2n) is 5.55. The number of anilines is 3. The SMILES string of the molecule is CCc1ccc(Nc2ncc(C(=O)Nc3ccc(Cl)cc3Cl)cn2)cc1. The molecule has 0 saturated carbocycles. The minimum absolute atomic E-state index is 0.322. The topological polar surface area (TPSA) is 66.9 Å². The van der Waals surface area contributed by atoms with Gasteiger partial charge in [0.2, 0.25) is 5.95 Å². The molecule has 132 valence electrons. The molecule has 26 heavy (non-hydrogen) atoms. The first-order valence-electron chi connectivity index (χ1n) is 7.99. The van der Waals surface area contributed by atoms with Crippen LogP contribution in [0.5, 0.6) is 0 Å². The van der Waals surface area contributed by atoms with Crippen molar-refractivity contribution in [2.24, 2.45) is 0 Å². The van der Waals surface area contributed by atoms with Gasteiger partial charge in [0.15, 0.2) is 0 Å². The first-order chi connectivity index (χ1) is 12.5. The summed E-state index contributed by atoms with van der Waals surface area (Å²) in [5.74, 6) is 0.0587. The molecule has 0 aliphatic rings. The third-order valence-electron chi connectivity index (χ3n) is 3.71. The van der Waals surface area contributed by atoms with E-state index in [2.05, 4.69) is 27.5 Å². The summed E-state index contributed by atoms with van der Waals surface area (Å²) < 4.78 is 0. The highest BCUT2D eigenvalue weighted by molar-refractivity contribution is 6.36. The minimum Gasteiger partial charge on any atom is -0.324 e.